The Kier molecular flexibility index (Phi) is 283. The van der Waals surface area contributed by atoms with Gasteiger partial charge in [0.1, 0.15) is 0 Å². The molecule has 1 radical (unpaired) electrons. The Labute approximate surface area is 59.0 Å². The zero-order valence-corrected chi connectivity index (χ0v) is 4.18. The second-order valence-corrected chi connectivity index (χ2v) is 0. The van der Waals surface area contributed by atoms with E-state index in [-0.39, 0.29) is 59.0 Å². The molecule has 0 fully saturated rings. The van der Waals surface area contributed by atoms with Gasteiger partial charge in [0.25, 0.3) is 0 Å². The predicted octanol–water partition coefficient (Wildman–Crippen LogP) is -3.71. The molecule has 0 aromatic carbocycles. The van der Waals surface area contributed by atoms with Crippen molar-refractivity contribution >= 4 is 0 Å². The summed E-state index contributed by atoms with van der Waals surface area (Å²) in [6.45, 7) is 0. The molecule has 0 bridgehead atoms. The van der Waals surface area contributed by atoms with E-state index in [9.17, 15) is 0 Å². The Hall–Kier alpha value is 1.56. The second-order valence-electron chi connectivity index (χ2n) is 0. The van der Waals surface area contributed by atoms with E-state index in [1.807, 2.05) is 0 Å². The molecule has 29 valence electrons. The van der Waals surface area contributed by atoms with E-state index in [1.54, 1.807) is 0 Å². The van der Waals surface area contributed by atoms with Gasteiger partial charge in [-0.2, -0.15) is 0 Å². The van der Waals surface area contributed by atoms with Gasteiger partial charge in [0, 0.05) is 33.3 Å². The predicted molar refractivity (Wildman–Crippen MR) is 4.73 cm³/mol. The van der Waals surface area contributed by atoms with Crippen molar-refractivity contribution in [1.82, 2.24) is 0 Å². The fraction of sp³-hybridized carbons (Fsp3) is 0. The molecule has 0 amide bonds. The van der Waals surface area contributed by atoms with Crippen LogP contribution in [0.4, 0.5) is 0 Å². The average Bonchev–Trinajstić information content (AvgIpc) is 0. The van der Waals surface area contributed by atoms with Crippen molar-refractivity contribution in [3.63, 3.8) is 0 Å². The summed E-state index contributed by atoms with van der Waals surface area (Å²) < 4.78 is 0. The standard InChI is InChI=1S/Co.Li.Ni.H2O.H/h;;;1H2;/q;+1;;;-1. The zero-order valence-electron chi connectivity index (χ0n) is 3.15. The van der Waals surface area contributed by atoms with E-state index in [0.717, 1.165) is 0 Å². The molecule has 1 nitrogen and oxygen atoms in total. The SMILES string of the molecule is O.[Co].[H-].[Li+].[Ni]. The molecule has 0 aromatic heterocycles. The van der Waals surface area contributed by atoms with Gasteiger partial charge in [0.15, 0.2) is 0 Å². The van der Waals surface area contributed by atoms with Crippen LogP contribution in [-0.4, -0.2) is 5.48 Å². The summed E-state index contributed by atoms with van der Waals surface area (Å²) in [4.78, 5) is 0. The summed E-state index contributed by atoms with van der Waals surface area (Å²) in [7, 11) is 0. The van der Waals surface area contributed by atoms with Crippen LogP contribution in [0, 0.1) is 0 Å². The summed E-state index contributed by atoms with van der Waals surface area (Å²) in [6, 6.07) is 0. The molecule has 0 aromatic rings. The van der Waals surface area contributed by atoms with E-state index in [1.165, 1.54) is 0 Å². The molecule has 0 unspecified atom stereocenters. The Balaban J connectivity index is 0. The first-order valence-corrected chi connectivity index (χ1v) is 0. The largest absolute Gasteiger partial charge is 1.00 e. The Morgan fingerprint density at radius 3 is 1.25 bits per heavy atom. The maximum Gasteiger partial charge on any atom is 1.00 e. The van der Waals surface area contributed by atoms with E-state index in [4.69, 9.17) is 0 Å². The molecule has 0 aliphatic heterocycles. The van der Waals surface area contributed by atoms with Crippen molar-refractivity contribution < 1.29 is 59.0 Å². The summed E-state index contributed by atoms with van der Waals surface area (Å²) in [5.41, 5.74) is 0. The number of hydrogen-bond acceptors (Lipinski definition) is 0. The van der Waals surface area contributed by atoms with Crippen molar-refractivity contribution in [1.29, 1.82) is 0 Å². The molecule has 0 saturated heterocycles. The Morgan fingerprint density at radius 2 is 1.25 bits per heavy atom. The van der Waals surface area contributed by atoms with Crippen LogP contribution < -0.4 is 18.9 Å². The van der Waals surface area contributed by atoms with E-state index >= 15 is 0 Å². The van der Waals surface area contributed by atoms with Gasteiger partial charge in [0.05, 0.1) is 0 Å². The molecule has 0 atom stereocenters. The van der Waals surface area contributed by atoms with Gasteiger partial charge in [-0.1, -0.05) is 0 Å². The van der Waals surface area contributed by atoms with Gasteiger partial charge in [0.2, 0.25) is 0 Å². The van der Waals surface area contributed by atoms with E-state index in [0.29, 0.717) is 0 Å². The van der Waals surface area contributed by atoms with Gasteiger partial charge < -0.3 is 6.90 Å². The third kappa shape index (κ3) is 9.59. The maximum atomic E-state index is 0. The third-order valence-corrected chi connectivity index (χ3v) is 0. The average molecular weight is 144 g/mol. The Morgan fingerprint density at radius 1 is 1.25 bits per heavy atom. The fourth-order valence-corrected chi connectivity index (χ4v) is 0. The van der Waals surface area contributed by atoms with Crippen LogP contribution in [0.25, 0.3) is 0 Å². The van der Waals surface area contributed by atoms with Crippen LogP contribution in [0.2, 0.25) is 0 Å². The third-order valence-electron chi connectivity index (χ3n) is 0. The van der Waals surface area contributed by atoms with Gasteiger partial charge in [-0.05, 0) is 0 Å². The van der Waals surface area contributed by atoms with Crippen LogP contribution >= 0.6 is 0 Å². The molecular formula is H3CoLiNiO. The van der Waals surface area contributed by atoms with Crippen LogP contribution in [0.3, 0.4) is 0 Å². The molecule has 2 N–H and O–H groups in total. The first kappa shape index (κ1) is 47.6. The summed E-state index contributed by atoms with van der Waals surface area (Å²) in [5.74, 6) is 0. The minimum atomic E-state index is 0. The molecule has 0 heterocycles. The van der Waals surface area contributed by atoms with Gasteiger partial charge >= 0.3 is 18.9 Å². The summed E-state index contributed by atoms with van der Waals surface area (Å²) in [5, 5.41) is 0. The second kappa shape index (κ2) is 23.8. The van der Waals surface area contributed by atoms with Gasteiger partial charge in [-0.25, -0.2) is 0 Å². The van der Waals surface area contributed by atoms with Crippen molar-refractivity contribution in [2.45, 2.75) is 0 Å². The first-order valence-electron chi connectivity index (χ1n) is 0. The number of rotatable bonds is 0. The summed E-state index contributed by atoms with van der Waals surface area (Å²) >= 11 is 0. The van der Waals surface area contributed by atoms with Crippen molar-refractivity contribution in [3.05, 3.63) is 0 Å². The molecule has 4 heavy (non-hydrogen) atoms. The van der Waals surface area contributed by atoms with Crippen LogP contribution in [0.1, 0.15) is 1.43 Å². The minimum absolute atomic E-state index is 0. The normalized spacial score (nSPS) is 0. The molecule has 0 spiro atoms. The fourth-order valence-electron chi connectivity index (χ4n) is 0. The monoisotopic (exact) mass is 143 g/mol. The van der Waals surface area contributed by atoms with E-state index < -0.39 is 0 Å². The molecular weight excluding hydrogens is 141 g/mol. The van der Waals surface area contributed by atoms with Crippen LogP contribution in [-0.2, 0) is 33.3 Å². The molecule has 0 rings (SSSR count). The van der Waals surface area contributed by atoms with Crippen molar-refractivity contribution in [2.75, 3.05) is 0 Å². The van der Waals surface area contributed by atoms with Gasteiger partial charge in [-0.3, -0.25) is 0 Å². The minimum Gasteiger partial charge on any atom is -1.00 e. The van der Waals surface area contributed by atoms with Crippen molar-refractivity contribution in [2.24, 2.45) is 0 Å². The smallest absolute Gasteiger partial charge is 1.00 e. The quantitative estimate of drug-likeness (QED) is 0.313. The summed E-state index contributed by atoms with van der Waals surface area (Å²) in [6.07, 6.45) is 0. The van der Waals surface area contributed by atoms with Gasteiger partial charge in [-0.15, -0.1) is 0 Å². The maximum absolute atomic E-state index is 0. The molecule has 0 aliphatic rings. The molecule has 0 saturated carbocycles. The molecule has 0 aliphatic carbocycles. The Bertz CT molecular complexity index is 11.6. The van der Waals surface area contributed by atoms with Crippen LogP contribution in [0.15, 0.2) is 0 Å². The van der Waals surface area contributed by atoms with Crippen molar-refractivity contribution in [3.8, 4) is 0 Å². The van der Waals surface area contributed by atoms with Crippen LogP contribution in [0.5, 0.6) is 0 Å². The zero-order chi connectivity index (χ0) is 0. The molecule has 4 heteroatoms. The first-order chi connectivity index (χ1) is 0. The number of hydrogen-bond donors (Lipinski definition) is 0. The topological polar surface area (TPSA) is 31.5 Å². The van der Waals surface area contributed by atoms with E-state index in [2.05, 4.69) is 0 Å².